The summed E-state index contributed by atoms with van der Waals surface area (Å²) in [5, 5.41) is 11.5. The lowest BCUT2D eigenvalue weighted by Crippen LogP contribution is -2.46. The van der Waals surface area contributed by atoms with Crippen molar-refractivity contribution in [2.24, 2.45) is 0 Å². The van der Waals surface area contributed by atoms with Gasteiger partial charge >= 0.3 is 0 Å². The summed E-state index contributed by atoms with van der Waals surface area (Å²) >= 11 is 0. The van der Waals surface area contributed by atoms with Crippen LogP contribution in [-0.2, 0) is 4.79 Å². The summed E-state index contributed by atoms with van der Waals surface area (Å²) in [6.07, 6.45) is 3.00. The average Bonchev–Trinajstić information content (AvgIpc) is 2.38. The van der Waals surface area contributed by atoms with Crippen molar-refractivity contribution >= 4 is 17.0 Å². The van der Waals surface area contributed by atoms with Gasteiger partial charge in [-0.15, -0.1) is 5.76 Å². The maximum absolute atomic E-state index is 11.7. The molecule has 102 valence electrons. The highest BCUT2D eigenvalue weighted by Crippen LogP contribution is 2.27. The second-order valence-corrected chi connectivity index (χ2v) is 4.92. The van der Waals surface area contributed by atoms with Gasteiger partial charge < -0.3 is 10.0 Å². The maximum atomic E-state index is 11.7. The van der Waals surface area contributed by atoms with Crippen molar-refractivity contribution in [2.45, 2.75) is 33.1 Å². The lowest BCUT2D eigenvalue weighted by molar-refractivity contribution is -0.300. The van der Waals surface area contributed by atoms with Gasteiger partial charge in [0.2, 0.25) is 10.9 Å². The third kappa shape index (κ3) is 2.20. The molecular weight excluding hydrogens is 246 g/mol. The molecule has 0 aromatic heterocycles. The van der Waals surface area contributed by atoms with E-state index < -0.39 is 22.4 Å². The first-order valence-electron chi connectivity index (χ1n) is 6.42. The quantitative estimate of drug-likeness (QED) is 0.434. The van der Waals surface area contributed by atoms with Gasteiger partial charge in [-0.25, -0.2) is 0 Å². The van der Waals surface area contributed by atoms with Crippen LogP contribution in [0.4, 0.5) is 5.69 Å². The summed E-state index contributed by atoms with van der Waals surface area (Å²) in [4.78, 5) is 36.8. The first-order valence-corrected chi connectivity index (χ1v) is 6.42. The van der Waals surface area contributed by atoms with Crippen molar-refractivity contribution in [3.05, 3.63) is 31.8 Å². The van der Waals surface area contributed by atoms with Crippen molar-refractivity contribution in [1.82, 2.24) is 0 Å². The standard InChI is InChI=1S/C14H17NO4/c1-8(16)10(9(2)17)11-12(14(19)13(11)18)15-6-4-3-5-7-15/h16H,3-7H2,1-2H3/p-1/b10-8+. The molecule has 2 rings (SSSR count). The molecule has 5 heteroatoms. The SMILES string of the molecule is CC(=O)/C(=C(/C)[O-])c1c(N2CCCCC2)c(=O)c1=O. The van der Waals surface area contributed by atoms with E-state index in [4.69, 9.17) is 0 Å². The summed E-state index contributed by atoms with van der Waals surface area (Å²) in [5.41, 5.74) is -1.11. The zero-order valence-corrected chi connectivity index (χ0v) is 11.1. The van der Waals surface area contributed by atoms with Crippen LogP contribution in [0, 0.1) is 0 Å². The van der Waals surface area contributed by atoms with Crippen molar-refractivity contribution in [3.8, 4) is 0 Å². The van der Waals surface area contributed by atoms with Crippen molar-refractivity contribution in [1.29, 1.82) is 0 Å². The minimum atomic E-state index is -0.707. The number of piperidine rings is 1. The molecule has 1 aromatic rings. The van der Waals surface area contributed by atoms with E-state index in [1.165, 1.54) is 13.8 Å². The van der Waals surface area contributed by atoms with E-state index in [1.54, 1.807) is 0 Å². The fourth-order valence-corrected chi connectivity index (χ4v) is 2.63. The number of allylic oxidation sites excluding steroid dienone is 2. The van der Waals surface area contributed by atoms with Crippen molar-refractivity contribution in [2.75, 3.05) is 18.0 Å². The predicted molar refractivity (Wildman–Crippen MR) is 70.7 cm³/mol. The van der Waals surface area contributed by atoms with E-state index in [9.17, 15) is 19.5 Å². The smallest absolute Gasteiger partial charge is 0.250 e. The lowest BCUT2D eigenvalue weighted by atomic mass is 9.93. The molecule has 0 amide bonds. The molecule has 1 aromatic carbocycles. The Morgan fingerprint density at radius 3 is 2.11 bits per heavy atom. The van der Waals surface area contributed by atoms with Crippen LogP contribution in [0.5, 0.6) is 0 Å². The Labute approximate surface area is 110 Å². The molecule has 0 bridgehead atoms. The Morgan fingerprint density at radius 2 is 1.63 bits per heavy atom. The van der Waals surface area contributed by atoms with Gasteiger partial charge in [-0.05, 0) is 26.2 Å². The van der Waals surface area contributed by atoms with Gasteiger partial charge in [0.25, 0.3) is 0 Å². The van der Waals surface area contributed by atoms with Crippen LogP contribution in [0.1, 0.15) is 38.7 Å². The van der Waals surface area contributed by atoms with Crippen LogP contribution in [0.25, 0.3) is 5.57 Å². The van der Waals surface area contributed by atoms with Crippen LogP contribution in [-0.4, -0.2) is 18.9 Å². The Balaban J connectivity index is 2.51. The molecule has 0 N–H and O–H groups in total. The van der Waals surface area contributed by atoms with Gasteiger partial charge in [0.05, 0.1) is 5.56 Å². The third-order valence-electron chi connectivity index (χ3n) is 3.51. The largest absolute Gasteiger partial charge is 0.875 e. The average molecular weight is 262 g/mol. The van der Waals surface area contributed by atoms with Gasteiger partial charge in [0.15, 0.2) is 5.78 Å². The summed E-state index contributed by atoms with van der Waals surface area (Å²) in [7, 11) is 0. The molecule has 5 nitrogen and oxygen atoms in total. The number of hydrogen-bond donors (Lipinski definition) is 0. The number of carbonyl (C=O) groups is 1. The van der Waals surface area contributed by atoms with Gasteiger partial charge in [0.1, 0.15) is 5.69 Å². The molecule has 1 saturated heterocycles. The molecule has 1 aliphatic heterocycles. The summed E-state index contributed by atoms with van der Waals surface area (Å²) in [6.45, 7) is 3.88. The monoisotopic (exact) mass is 262 g/mol. The first-order chi connectivity index (χ1) is 8.95. The molecule has 1 aliphatic rings. The Kier molecular flexibility index (Phi) is 3.55. The van der Waals surface area contributed by atoms with Crippen molar-refractivity contribution in [3.63, 3.8) is 0 Å². The van der Waals surface area contributed by atoms with E-state index in [1.807, 2.05) is 4.90 Å². The summed E-state index contributed by atoms with van der Waals surface area (Å²) in [5.74, 6) is -0.921. The fourth-order valence-electron chi connectivity index (χ4n) is 2.63. The predicted octanol–water partition coefficient (Wildman–Crippen LogP) is -0.0468. The van der Waals surface area contributed by atoms with Crippen LogP contribution < -0.4 is 20.9 Å². The van der Waals surface area contributed by atoms with E-state index in [0.717, 1.165) is 19.3 Å². The molecule has 1 heterocycles. The van der Waals surface area contributed by atoms with E-state index in [-0.39, 0.29) is 16.8 Å². The molecule has 0 unspecified atom stereocenters. The molecule has 0 aliphatic carbocycles. The number of nitrogens with zero attached hydrogens (tertiary/aromatic N) is 1. The van der Waals surface area contributed by atoms with Crippen LogP contribution in [0.15, 0.2) is 15.3 Å². The summed E-state index contributed by atoms with van der Waals surface area (Å²) in [6, 6.07) is 0. The fraction of sp³-hybridized carbons (Fsp3) is 0.500. The Bertz CT molecular complexity index is 610. The number of ketones is 1. The second-order valence-electron chi connectivity index (χ2n) is 4.92. The van der Waals surface area contributed by atoms with E-state index in [2.05, 4.69) is 0 Å². The zero-order chi connectivity index (χ0) is 14.2. The third-order valence-corrected chi connectivity index (χ3v) is 3.51. The molecule has 0 atom stereocenters. The maximum Gasteiger partial charge on any atom is 0.250 e. The number of anilines is 1. The molecular formula is C14H16NO4-. The number of rotatable bonds is 3. The van der Waals surface area contributed by atoms with Gasteiger partial charge in [-0.2, -0.15) is 0 Å². The normalized spacial score (nSPS) is 17.5. The van der Waals surface area contributed by atoms with Gasteiger partial charge in [-0.1, -0.05) is 6.92 Å². The highest BCUT2D eigenvalue weighted by molar-refractivity contribution is 6.22. The number of Topliss-reactive ketones (excluding diaryl/α,β-unsaturated/α-hetero) is 1. The molecule has 0 radical (unpaired) electrons. The van der Waals surface area contributed by atoms with E-state index >= 15 is 0 Å². The van der Waals surface area contributed by atoms with Gasteiger partial charge in [-0.3, -0.25) is 14.4 Å². The topological polar surface area (TPSA) is 77.5 Å². The molecule has 19 heavy (non-hydrogen) atoms. The van der Waals surface area contributed by atoms with Crippen LogP contribution >= 0.6 is 0 Å². The van der Waals surface area contributed by atoms with E-state index in [0.29, 0.717) is 13.1 Å². The summed E-state index contributed by atoms with van der Waals surface area (Å²) < 4.78 is 0. The second kappa shape index (κ2) is 4.99. The molecule has 1 fully saturated rings. The number of hydrogen-bond acceptors (Lipinski definition) is 5. The molecule has 0 saturated carbocycles. The lowest BCUT2D eigenvalue weighted by Gasteiger charge is -2.31. The number of carbonyl (C=O) groups excluding carboxylic acids is 1. The first kappa shape index (κ1) is 13.5. The Morgan fingerprint density at radius 1 is 1.05 bits per heavy atom. The Hall–Kier alpha value is -1.91. The highest BCUT2D eigenvalue weighted by atomic mass is 16.3. The van der Waals surface area contributed by atoms with Crippen LogP contribution in [0.2, 0.25) is 0 Å². The molecule has 0 spiro atoms. The van der Waals surface area contributed by atoms with Crippen LogP contribution in [0.3, 0.4) is 0 Å². The minimum absolute atomic E-state index is 0.0342. The minimum Gasteiger partial charge on any atom is -0.875 e. The van der Waals surface area contributed by atoms with Gasteiger partial charge in [0, 0.05) is 18.7 Å². The van der Waals surface area contributed by atoms with Crippen molar-refractivity contribution < 1.29 is 9.90 Å². The highest BCUT2D eigenvalue weighted by Gasteiger charge is 2.30. The zero-order valence-electron chi connectivity index (χ0n) is 11.1.